The van der Waals surface area contributed by atoms with Crippen LogP contribution in [0.15, 0.2) is 35.0 Å². The van der Waals surface area contributed by atoms with Crippen molar-refractivity contribution in [2.75, 3.05) is 6.54 Å². The van der Waals surface area contributed by atoms with E-state index < -0.39 is 5.60 Å². The number of ether oxygens (including phenoxy) is 1. The lowest BCUT2D eigenvalue weighted by molar-refractivity contribution is 0.0199. The topological polar surface area (TPSA) is 73.4 Å². The Morgan fingerprint density at radius 1 is 1.24 bits per heavy atom. The Labute approximate surface area is 171 Å². The lowest BCUT2D eigenvalue weighted by Crippen LogP contribution is -2.36. The van der Waals surface area contributed by atoms with Gasteiger partial charge in [0.05, 0.1) is 0 Å². The fourth-order valence-corrected chi connectivity index (χ4v) is 3.56. The number of likely N-dealkylation sites (tertiary alicyclic amines) is 1. The van der Waals surface area contributed by atoms with E-state index in [1.54, 1.807) is 4.90 Å². The van der Waals surface area contributed by atoms with Gasteiger partial charge >= 0.3 is 6.09 Å². The van der Waals surface area contributed by atoms with Crippen molar-refractivity contribution >= 4 is 17.0 Å². The van der Waals surface area contributed by atoms with E-state index in [1.807, 2.05) is 70.6 Å². The van der Waals surface area contributed by atoms with Gasteiger partial charge in [-0.3, -0.25) is 4.90 Å². The van der Waals surface area contributed by atoms with Crippen molar-refractivity contribution in [3.63, 3.8) is 0 Å². The van der Waals surface area contributed by atoms with Crippen LogP contribution in [0.5, 0.6) is 0 Å². The Kier molecular flexibility index (Phi) is 5.96. The summed E-state index contributed by atoms with van der Waals surface area (Å²) in [6.07, 6.45) is 3.33. The third kappa shape index (κ3) is 4.28. The molecule has 156 valence electrons. The summed E-state index contributed by atoms with van der Waals surface area (Å²) in [6.45, 7) is 10.2. The number of para-hydroxylation sites is 1. The summed E-state index contributed by atoms with van der Waals surface area (Å²) in [4.78, 5) is 18.8. The molecule has 2 aromatic heterocycles. The Balaban J connectivity index is 0.00000117. The molecule has 0 spiro atoms. The van der Waals surface area contributed by atoms with Crippen LogP contribution in [0.3, 0.4) is 0 Å². The quantitative estimate of drug-likeness (QED) is 0.583. The van der Waals surface area contributed by atoms with E-state index in [-0.39, 0.29) is 12.1 Å². The van der Waals surface area contributed by atoms with Gasteiger partial charge < -0.3 is 13.8 Å². The molecular weight excluding hydrogens is 368 g/mol. The van der Waals surface area contributed by atoms with Crippen molar-refractivity contribution in [2.24, 2.45) is 7.05 Å². The molecule has 0 saturated carbocycles. The average Bonchev–Trinajstić information content (AvgIpc) is 3.40. The highest BCUT2D eigenvalue weighted by Gasteiger charge is 2.36. The second-order valence-corrected chi connectivity index (χ2v) is 7.96. The molecule has 7 heteroatoms. The van der Waals surface area contributed by atoms with Crippen LogP contribution in [-0.2, 0) is 11.8 Å². The molecule has 1 unspecified atom stereocenters. The van der Waals surface area contributed by atoms with Gasteiger partial charge in [0.25, 0.3) is 0 Å². The number of fused-ring (bicyclic) bond motifs is 1. The molecule has 1 aliphatic rings. The minimum Gasteiger partial charge on any atom is -0.444 e. The van der Waals surface area contributed by atoms with Gasteiger partial charge in [-0.25, -0.2) is 4.79 Å². The van der Waals surface area contributed by atoms with Crippen molar-refractivity contribution in [3.8, 4) is 11.4 Å². The van der Waals surface area contributed by atoms with E-state index in [2.05, 4.69) is 16.2 Å². The Morgan fingerprint density at radius 3 is 2.69 bits per heavy atom. The van der Waals surface area contributed by atoms with Crippen molar-refractivity contribution in [3.05, 3.63) is 36.4 Å². The number of nitrogens with zero attached hydrogens (tertiary/aromatic N) is 4. The van der Waals surface area contributed by atoms with Crippen molar-refractivity contribution < 1.29 is 14.1 Å². The molecule has 3 aromatic rings. The van der Waals surface area contributed by atoms with Crippen molar-refractivity contribution in [1.82, 2.24) is 19.6 Å². The predicted molar refractivity (Wildman–Crippen MR) is 112 cm³/mol. The molecule has 4 rings (SSSR count). The number of rotatable bonds is 2. The monoisotopic (exact) mass is 398 g/mol. The van der Waals surface area contributed by atoms with E-state index >= 15 is 0 Å². The first-order valence-electron chi connectivity index (χ1n) is 10.2. The number of benzene rings is 1. The van der Waals surface area contributed by atoms with E-state index in [9.17, 15) is 4.79 Å². The maximum Gasteiger partial charge on any atom is 0.410 e. The van der Waals surface area contributed by atoms with Crippen molar-refractivity contribution in [1.29, 1.82) is 0 Å². The zero-order valence-electron chi connectivity index (χ0n) is 18.1. The number of aromatic nitrogens is 3. The van der Waals surface area contributed by atoms with Gasteiger partial charge in [0, 0.05) is 36.3 Å². The standard InChI is InChI=1S/C20H24N4O3.C2H6/c1-20(2,3)26-19(25)24-11-7-10-16(24)18-21-17(22-27-18)14-12-23(4)15-9-6-5-8-13(14)15;1-2/h5-6,8-9,12,16H,7,10-11H2,1-4H3;1-2H3. The van der Waals surface area contributed by atoms with E-state index in [1.165, 1.54) is 0 Å². The van der Waals surface area contributed by atoms with Crippen LogP contribution < -0.4 is 0 Å². The molecule has 1 aliphatic heterocycles. The second-order valence-electron chi connectivity index (χ2n) is 7.96. The number of hydrogen-bond acceptors (Lipinski definition) is 5. The summed E-state index contributed by atoms with van der Waals surface area (Å²) in [5.41, 5.74) is 1.49. The van der Waals surface area contributed by atoms with E-state index in [4.69, 9.17) is 9.26 Å². The van der Waals surface area contributed by atoms with Crippen LogP contribution in [0.1, 0.15) is 59.4 Å². The van der Waals surface area contributed by atoms with Crippen LogP contribution in [0.2, 0.25) is 0 Å². The highest BCUT2D eigenvalue weighted by atomic mass is 16.6. The zero-order chi connectivity index (χ0) is 21.2. The van der Waals surface area contributed by atoms with Crippen LogP contribution in [0, 0.1) is 0 Å². The summed E-state index contributed by atoms with van der Waals surface area (Å²) in [6, 6.07) is 7.86. The second kappa shape index (κ2) is 8.27. The molecule has 29 heavy (non-hydrogen) atoms. The molecule has 1 saturated heterocycles. The molecule has 0 N–H and O–H groups in total. The van der Waals surface area contributed by atoms with Crippen molar-refractivity contribution in [2.45, 2.75) is 59.1 Å². The minimum absolute atomic E-state index is 0.240. The number of hydrogen-bond donors (Lipinski definition) is 0. The molecule has 0 radical (unpaired) electrons. The fourth-order valence-electron chi connectivity index (χ4n) is 3.56. The summed E-state index contributed by atoms with van der Waals surface area (Å²) >= 11 is 0. The highest BCUT2D eigenvalue weighted by molar-refractivity contribution is 5.94. The smallest absolute Gasteiger partial charge is 0.410 e. The molecule has 1 amide bonds. The number of carbonyl (C=O) groups excluding carboxylic acids is 1. The Bertz CT molecular complexity index is 984. The van der Waals surface area contributed by atoms with Crippen LogP contribution in [0.25, 0.3) is 22.3 Å². The van der Waals surface area contributed by atoms with Gasteiger partial charge in [0.2, 0.25) is 11.7 Å². The van der Waals surface area contributed by atoms with Crippen LogP contribution in [-0.4, -0.2) is 37.8 Å². The maximum absolute atomic E-state index is 12.5. The number of carbonyl (C=O) groups is 1. The predicted octanol–water partition coefficient (Wildman–Crippen LogP) is 5.33. The first-order chi connectivity index (χ1) is 13.8. The van der Waals surface area contributed by atoms with E-state index in [0.29, 0.717) is 18.3 Å². The fraction of sp³-hybridized carbons (Fsp3) is 0.500. The minimum atomic E-state index is -0.535. The third-order valence-corrected chi connectivity index (χ3v) is 4.75. The van der Waals surface area contributed by atoms with Gasteiger partial charge in [-0.15, -0.1) is 0 Å². The average molecular weight is 399 g/mol. The molecule has 1 fully saturated rings. The third-order valence-electron chi connectivity index (χ3n) is 4.75. The molecule has 1 atom stereocenters. The number of aryl methyl sites for hydroxylation is 1. The maximum atomic E-state index is 12.5. The molecular formula is C22H30N4O3. The first kappa shape index (κ1) is 20.9. The molecule has 7 nitrogen and oxygen atoms in total. The lowest BCUT2D eigenvalue weighted by atomic mass is 10.1. The number of amides is 1. The molecule has 0 aliphatic carbocycles. The van der Waals surface area contributed by atoms with Crippen LogP contribution in [0.4, 0.5) is 4.79 Å². The van der Waals surface area contributed by atoms with Gasteiger partial charge in [-0.05, 0) is 39.7 Å². The highest BCUT2D eigenvalue weighted by Crippen LogP contribution is 2.34. The first-order valence-corrected chi connectivity index (χ1v) is 10.2. The SMILES string of the molecule is CC.Cn1cc(-c2noc(C3CCCN3C(=O)OC(C)(C)C)n2)c2ccccc21. The Morgan fingerprint density at radius 2 is 1.97 bits per heavy atom. The van der Waals surface area contributed by atoms with Gasteiger partial charge in [-0.2, -0.15) is 4.98 Å². The van der Waals surface area contributed by atoms with Gasteiger partial charge in [0.15, 0.2) is 0 Å². The zero-order valence-corrected chi connectivity index (χ0v) is 18.1. The normalized spacial score (nSPS) is 16.6. The lowest BCUT2D eigenvalue weighted by Gasteiger charge is -2.26. The summed E-state index contributed by atoms with van der Waals surface area (Å²) in [5, 5.41) is 5.26. The molecule has 3 heterocycles. The molecule has 0 bridgehead atoms. The Hall–Kier alpha value is -2.83. The summed E-state index contributed by atoms with van der Waals surface area (Å²) in [7, 11) is 1.99. The van der Waals surface area contributed by atoms with Gasteiger partial charge in [-0.1, -0.05) is 37.2 Å². The van der Waals surface area contributed by atoms with Crippen LogP contribution >= 0.6 is 0 Å². The summed E-state index contributed by atoms with van der Waals surface area (Å²) < 4.78 is 13.1. The molecule has 1 aromatic carbocycles. The summed E-state index contributed by atoms with van der Waals surface area (Å²) in [5.74, 6) is 0.999. The van der Waals surface area contributed by atoms with E-state index in [0.717, 1.165) is 29.3 Å². The van der Waals surface area contributed by atoms with Gasteiger partial charge in [0.1, 0.15) is 11.6 Å². The largest absolute Gasteiger partial charge is 0.444 e.